The third kappa shape index (κ3) is 6.64. The van der Waals surface area contributed by atoms with E-state index in [1.165, 1.54) is 17.4 Å². The fourth-order valence-electron chi connectivity index (χ4n) is 3.02. The summed E-state index contributed by atoms with van der Waals surface area (Å²) in [7, 11) is 0. The standard InChI is InChI=1S/C23H29NO3S/c1-6-27-22(26)18-14-19(16(2)15-23(3,4)5)28-21(18)24-20(25)13-12-17-10-8-7-9-11-17/h7-14,16H,6,15H2,1-5H3,(H,24,25)/b13-12+/t16-/m1/s1. The molecular formula is C23H29NO3S. The first kappa shape index (κ1) is 21.9. The van der Waals surface area contributed by atoms with Crippen LogP contribution in [0.3, 0.4) is 0 Å². The van der Waals surface area contributed by atoms with Gasteiger partial charge in [-0.05, 0) is 42.4 Å². The predicted octanol–water partition coefficient (Wildman–Crippen LogP) is 6.12. The molecule has 0 unspecified atom stereocenters. The first-order chi connectivity index (χ1) is 13.2. The van der Waals surface area contributed by atoms with Crippen LogP contribution in [0, 0.1) is 5.41 Å². The van der Waals surface area contributed by atoms with Crippen LogP contribution in [0.5, 0.6) is 0 Å². The van der Waals surface area contributed by atoms with Crippen LogP contribution in [-0.4, -0.2) is 18.5 Å². The summed E-state index contributed by atoms with van der Waals surface area (Å²) in [5, 5.41) is 3.39. The second-order valence-electron chi connectivity index (χ2n) is 8.01. The van der Waals surface area contributed by atoms with Gasteiger partial charge in [0.25, 0.3) is 0 Å². The number of thiophene rings is 1. The number of carbonyl (C=O) groups excluding carboxylic acids is 2. The number of rotatable bonds is 7. The lowest BCUT2D eigenvalue weighted by Crippen LogP contribution is -2.11. The molecule has 5 heteroatoms. The molecule has 0 radical (unpaired) electrons. The third-order valence-corrected chi connectivity index (χ3v) is 5.40. The Morgan fingerprint density at radius 1 is 1.21 bits per heavy atom. The van der Waals surface area contributed by atoms with Crippen LogP contribution in [-0.2, 0) is 9.53 Å². The molecule has 1 aromatic carbocycles. The van der Waals surface area contributed by atoms with Crippen molar-refractivity contribution in [3.63, 3.8) is 0 Å². The highest BCUT2D eigenvalue weighted by atomic mass is 32.1. The number of hydrogen-bond donors (Lipinski definition) is 1. The Kier molecular flexibility index (Phi) is 7.58. The summed E-state index contributed by atoms with van der Waals surface area (Å²) in [6, 6.07) is 11.5. The van der Waals surface area contributed by atoms with Crippen LogP contribution in [0.2, 0.25) is 0 Å². The molecular weight excluding hydrogens is 370 g/mol. The largest absolute Gasteiger partial charge is 0.462 e. The number of benzene rings is 1. The van der Waals surface area contributed by atoms with Crippen LogP contribution in [0.1, 0.15) is 67.8 Å². The molecule has 0 aliphatic heterocycles. The molecule has 2 aromatic rings. The fourth-order valence-corrected chi connectivity index (χ4v) is 4.12. The molecule has 1 aromatic heterocycles. The van der Waals surface area contributed by atoms with Crippen LogP contribution < -0.4 is 5.32 Å². The van der Waals surface area contributed by atoms with Crippen molar-refractivity contribution in [3.05, 3.63) is 58.5 Å². The van der Waals surface area contributed by atoms with Gasteiger partial charge >= 0.3 is 5.97 Å². The van der Waals surface area contributed by atoms with Crippen molar-refractivity contribution >= 4 is 34.3 Å². The summed E-state index contributed by atoms with van der Waals surface area (Å²) in [5.74, 6) is -0.398. The van der Waals surface area contributed by atoms with E-state index in [9.17, 15) is 9.59 Å². The van der Waals surface area contributed by atoms with Crippen molar-refractivity contribution < 1.29 is 14.3 Å². The molecule has 2 rings (SSSR count). The van der Waals surface area contributed by atoms with Crippen molar-refractivity contribution in [3.8, 4) is 0 Å². The van der Waals surface area contributed by atoms with Crippen molar-refractivity contribution in [2.24, 2.45) is 5.41 Å². The molecule has 4 nitrogen and oxygen atoms in total. The van der Waals surface area contributed by atoms with Gasteiger partial charge in [-0.25, -0.2) is 4.79 Å². The molecule has 1 atom stereocenters. The van der Waals surface area contributed by atoms with Crippen LogP contribution in [0.25, 0.3) is 6.08 Å². The number of ether oxygens (including phenoxy) is 1. The first-order valence-electron chi connectivity index (χ1n) is 9.54. The molecule has 0 spiro atoms. The maximum absolute atomic E-state index is 12.4. The van der Waals surface area contributed by atoms with E-state index >= 15 is 0 Å². The maximum Gasteiger partial charge on any atom is 0.341 e. The Morgan fingerprint density at radius 2 is 1.89 bits per heavy atom. The van der Waals surface area contributed by atoms with Crippen LogP contribution in [0.15, 0.2) is 42.5 Å². The highest BCUT2D eigenvalue weighted by molar-refractivity contribution is 7.16. The molecule has 0 aliphatic rings. The average Bonchev–Trinajstić information content (AvgIpc) is 3.04. The Morgan fingerprint density at radius 3 is 2.50 bits per heavy atom. The Labute approximate surface area is 171 Å². The minimum Gasteiger partial charge on any atom is -0.462 e. The summed E-state index contributed by atoms with van der Waals surface area (Å²) >= 11 is 1.45. The highest BCUT2D eigenvalue weighted by Crippen LogP contribution is 2.38. The predicted molar refractivity (Wildman–Crippen MR) is 117 cm³/mol. The molecule has 1 N–H and O–H groups in total. The van der Waals surface area contributed by atoms with Gasteiger partial charge in [0.15, 0.2) is 0 Å². The zero-order chi connectivity index (χ0) is 20.7. The first-order valence-corrected chi connectivity index (χ1v) is 10.4. The molecule has 0 fully saturated rings. The molecule has 0 aliphatic carbocycles. The van der Waals surface area contributed by atoms with Gasteiger partial charge in [-0.3, -0.25) is 4.79 Å². The van der Waals surface area contributed by atoms with Gasteiger partial charge in [-0.15, -0.1) is 11.3 Å². The Hall–Kier alpha value is -2.40. The minimum absolute atomic E-state index is 0.176. The van der Waals surface area contributed by atoms with E-state index in [1.807, 2.05) is 36.4 Å². The summed E-state index contributed by atoms with van der Waals surface area (Å²) < 4.78 is 5.17. The zero-order valence-electron chi connectivity index (χ0n) is 17.2. The monoisotopic (exact) mass is 399 g/mol. The van der Waals surface area contributed by atoms with Crippen molar-refractivity contribution in [2.45, 2.75) is 47.0 Å². The van der Waals surface area contributed by atoms with E-state index < -0.39 is 5.97 Å². The zero-order valence-corrected chi connectivity index (χ0v) is 18.1. The molecule has 28 heavy (non-hydrogen) atoms. The summed E-state index contributed by atoms with van der Waals surface area (Å²) in [4.78, 5) is 25.8. The number of hydrogen-bond acceptors (Lipinski definition) is 4. The quantitative estimate of drug-likeness (QED) is 0.451. The van der Waals surface area contributed by atoms with Gasteiger partial charge in [0, 0.05) is 11.0 Å². The number of esters is 1. The smallest absolute Gasteiger partial charge is 0.341 e. The SMILES string of the molecule is CCOC(=O)c1cc([C@H](C)CC(C)(C)C)sc1NC(=O)/C=C/c1ccccc1. The van der Waals surface area contributed by atoms with Gasteiger partial charge in [0.2, 0.25) is 5.91 Å². The average molecular weight is 400 g/mol. The van der Waals surface area contributed by atoms with Gasteiger partial charge in [0.05, 0.1) is 12.2 Å². The second kappa shape index (κ2) is 9.69. The number of amides is 1. The Bertz CT molecular complexity index is 831. The van der Waals surface area contributed by atoms with Crippen molar-refractivity contribution in [2.75, 3.05) is 11.9 Å². The van der Waals surface area contributed by atoms with Gasteiger partial charge in [-0.2, -0.15) is 0 Å². The van der Waals surface area contributed by atoms with E-state index in [2.05, 4.69) is 33.0 Å². The number of carbonyl (C=O) groups is 2. The normalized spacial score (nSPS) is 12.8. The highest BCUT2D eigenvalue weighted by Gasteiger charge is 2.23. The molecule has 1 amide bonds. The lowest BCUT2D eigenvalue weighted by Gasteiger charge is -2.22. The maximum atomic E-state index is 12.4. The summed E-state index contributed by atoms with van der Waals surface area (Å²) in [5.41, 5.74) is 1.54. The minimum atomic E-state index is -0.407. The van der Waals surface area contributed by atoms with Gasteiger partial charge in [-0.1, -0.05) is 58.0 Å². The molecule has 0 bridgehead atoms. The Balaban J connectivity index is 2.21. The van der Waals surface area contributed by atoms with Gasteiger partial charge in [0.1, 0.15) is 5.00 Å². The molecule has 150 valence electrons. The van der Waals surface area contributed by atoms with Crippen LogP contribution in [0.4, 0.5) is 5.00 Å². The van der Waals surface area contributed by atoms with E-state index in [1.54, 1.807) is 13.0 Å². The van der Waals surface area contributed by atoms with E-state index in [-0.39, 0.29) is 17.2 Å². The topological polar surface area (TPSA) is 55.4 Å². The van der Waals surface area contributed by atoms with E-state index in [0.717, 1.165) is 16.9 Å². The van der Waals surface area contributed by atoms with E-state index in [0.29, 0.717) is 17.2 Å². The summed E-state index contributed by atoms with van der Waals surface area (Å²) in [6.45, 7) is 10.8. The van der Waals surface area contributed by atoms with E-state index in [4.69, 9.17) is 4.74 Å². The number of nitrogens with one attached hydrogen (secondary N) is 1. The third-order valence-electron chi connectivity index (χ3n) is 4.11. The molecule has 0 saturated carbocycles. The molecule has 1 heterocycles. The lowest BCUT2D eigenvalue weighted by atomic mass is 9.85. The second-order valence-corrected chi connectivity index (χ2v) is 9.09. The summed E-state index contributed by atoms with van der Waals surface area (Å²) in [6.07, 6.45) is 4.20. The van der Waals surface area contributed by atoms with Crippen molar-refractivity contribution in [1.82, 2.24) is 0 Å². The number of anilines is 1. The molecule has 0 saturated heterocycles. The lowest BCUT2D eigenvalue weighted by molar-refractivity contribution is -0.111. The van der Waals surface area contributed by atoms with Gasteiger partial charge < -0.3 is 10.1 Å². The van der Waals surface area contributed by atoms with Crippen molar-refractivity contribution in [1.29, 1.82) is 0 Å². The van der Waals surface area contributed by atoms with Crippen LogP contribution >= 0.6 is 11.3 Å². The fraction of sp³-hybridized carbons (Fsp3) is 0.391.